The summed E-state index contributed by atoms with van der Waals surface area (Å²) < 4.78 is 38.2. The van der Waals surface area contributed by atoms with E-state index in [0.717, 1.165) is 18.2 Å². The van der Waals surface area contributed by atoms with Gasteiger partial charge < -0.3 is 10.6 Å². The number of alkyl halides is 3. The maximum atomic E-state index is 12.7. The van der Waals surface area contributed by atoms with Gasteiger partial charge >= 0.3 is 6.18 Å². The van der Waals surface area contributed by atoms with Crippen LogP contribution in [0.4, 0.5) is 35.9 Å². The van der Waals surface area contributed by atoms with E-state index in [2.05, 4.69) is 10.6 Å². The molecule has 0 fully saturated rings. The van der Waals surface area contributed by atoms with Gasteiger partial charge in [-0.3, -0.25) is 14.9 Å². The SMILES string of the molecule is CC(=O)Nc1cc([N+](=O)[O-])ccc1Nc1cccc(C(F)(F)F)c1. The quantitative estimate of drug-likeness (QED) is 0.642. The average molecular weight is 339 g/mol. The van der Waals surface area contributed by atoms with Crippen molar-refractivity contribution in [1.82, 2.24) is 0 Å². The summed E-state index contributed by atoms with van der Waals surface area (Å²) in [5, 5.41) is 15.9. The second-order valence-electron chi connectivity index (χ2n) is 4.87. The number of halogens is 3. The van der Waals surface area contributed by atoms with E-state index in [4.69, 9.17) is 0 Å². The largest absolute Gasteiger partial charge is 0.416 e. The molecule has 126 valence electrons. The third kappa shape index (κ3) is 4.22. The fourth-order valence-electron chi connectivity index (χ4n) is 1.98. The Morgan fingerprint density at radius 3 is 2.42 bits per heavy atom. The van der Waals surface area contributed by atoms with Crippen LogP contribution < -0.4 is 10.6 Å². The van der Waals surface area contributed by atoms with E-state index in [9.17, 15) is 28.1 Å². The van der Waals surface area contributed by atoms with Gasteiger partial charge in [-0.15, -0.1) is 0 Å². The minimum atomic E-state index is -4.49. The average Bonchev–Trinajstić information content (AvgIpc) is 2.47. The molecule has 0 saturated heterocycles. The zero-order valence-corrected chi connectivity index (χ0v) is 12.3. The number of carbonyl (C=O) groups excluding carboxylic acids is 1. The van der Waals surface area contributed by atoms with Crippen molar-refractivity contribution in [2.75, 3.05) is 10.6 Å². The van der Waals surface area contributed by atoms with Crippen LogP contribution in [0.25, 0.3) is 0 Å². The second kappa shape index (κ2) is 6.57. The molecule has 2 aromatic rings. The monoisotopic (exact) mass is 339 g/mol. The molecule has 0 unspecified atom stereocenters. The molecule has 24 heavy (non-hydrogen) atoms. The van der Waals surface area contributed by atoms with Crippen molar-refractivity contribution in [1.29, 1.82) is 0 Å². The highest BCUT2D eigenvalue weighted by molar-refractivity contribution is 5.94. The van der Waals surface area contributed by atoms with Crippen molar-refractivity contribution in [2.24, 2.45) is 0 Å². The fraction of sp³-hybridized carbons (Fsp3) is 0.133. The third-order valence-electron chi connectivity index (χ3n) is 2.99. The Labute approximate surface area is 134 Å². The van der Waals surface area contributed by atoms with Gasteiger partial charge in [0.1, 0.15) is 0 Å². The minimum Gasteiger partial charge on any atom is -0.354 e. The first kappa shape index (κ1) is 17.3. The number of anilines is 3. The number of nitro groups is 1. The summed E-state index contributed by atoms with van der Waals surface area (Å²) in [6.45, 7) is 1.22. The van der Waals surface area contributed by atoms with Crippen LogP contribution in [0.15, 0.2) is 42.5 Å². The van der Waals surface area contributed by atoms with Gasteiger partial charge in [0.2, 0.25) is 5.91 Å². The Morgan fingerprint density at radius 2 is 1.83 bits per heavy atom. The van der Waals surface area contributed by atoms with Gasteiger partial charge in [0.05, 0.1) is 21.9 Å². The normalized spacial score (nSPS) is 11.0. The zero-order valence-electron chi connectivity index (χ0n) is 12.3. The highest BCUT2D eigenvalue weighted by atomic mass is 19.4. The maximum Gasteiger partial charge on any atom is 0.416 e. The smallest absolute Gasteiger partial charge is 0.354 e. The van der Waals surface area contributed by atoms with Gasteiger partial charge in [-0.2, -0.15) is 13.2 Å². The molecule has 0 spiro atoms. The number of nitrogens with one attached hydrogen (secondary N) is 2. The van der Waals surface area contributed by atoms with Crippen LogP contribution in [0.5, 0.6) is 0 Å². The first-order valence-electron chi connectivity index (χ1n) is 6.67. The van der Waals surface area contributed by atoms with Crippen LogP contribution in [0.3, 0.4) is 0 Å². The van der Waals surface area contributed by atoms with E-state index in [1.54, 1.807) is 0 Å². The predicted octanol–water partition coefficient (Wildman–Crippen LogP) is 4.32. The fourth-order valence-corrected chi connectivity index (χ4v) is 1.98. The highest BCUT2D eigenvalue weighted by Gasteiger charge is 2.30. The zero-order chi connectivity index (χ0) is 17.9. The van der Waals surface area contributed by atoms with E-state index in [-0.39, 0.29) is 22.7 Å². The van der Waals surface area contributed by atoms with Gasteiger partial charge in [0.25, 0.3) is 5.69 Å². The third-order valence-corrected chi connectivity index (χ3v) is 2.99. The van der Waals surface area contributed by atoms with Crippen LogP contribution in [0.2, 0.25) is 0 Å². The summed E-state index contributed by atoms with van der Waals surface area (Å²) in [6, 6.07) is 8.08. The maximum absolute atomic E-state index is 12.7. The van der Waals surface area contributed by atoms with Gasteiger partial charge in [-0.05, 0) is 24.3 Å². The molecule has 2 aromatic carbocycles. The number of amides is 1. The Balaban J connectivity index is 2.38. The molecule has 0 aliphatic heterocycles. The molecular weight excluding hydrogens is 327 g/mol. The first-order valence-corrected chi connectivity index (χ1v) is 6.67. The molecule has 0 aliphatic rings. The number of nitrogens with zero attached hydrogens (tertiary/aromatic N) is 1. The molecule has 1 amide bonds. The van der Waals surface area contributed by atoms with Crippen molar-refractivity contribution in [3.8, 4) is 0 Å². The van der Waals surface area contributed by atoms with Gasteiger partial charge in [-0.25, -0.2) is 0 Å². The summed E-state index contributed by atoms with van der Waals surface area (Å²) in [5.74, 6) is -0.470. The van der Waals surface area contributed by atoms with Crippen LogP contribution in [0.1, 0.15) is 12.5 Å². The summed E-state index contributed by atoms with van der Waals surface area (Å²) in [4.78, 5) is 21.4. The lowest BCUT2D eigenvalue weighted by Gasteiger charge is -2.14. The molecule has 0 radical (unpaired) electrons. The van der Waals surface area contributed by atoms with Crippen molar-refractivity contribution in [3.05, 3.63) is 58.1 Å². The standard InChI is InChI=1S/C15H12F3N3O3/c1-9(22)19-14-8-12(21(23)24)5-6-13(14)20-11-4-2-3-10(7-11)15(16,17)18/h2-8,20H,1H3,(H,19,22). The molecule has 2 rings (SSSR count). The Morgan fingerprint density at radius 1 is 1.12 bits per heavy atom. The minimum absolute atomic E-state index is 0.0918. The number of rotatable bonds is 4. The van der Waals surface area contributed by atoms with Crippen LogP contribution >= 0.6 is 0 Å². The number of hydrogen-bond donors (Lipinski definition) is 2. The lowest BCUT2D eigenvalue weighted by Crippen LogP contribution is -2.09. The lowest BCUT2D eigenvalue weighted by atomic mass is 10.1. The molecule has 0 bridgehead atoms. The Kier molecular flexibility index (Phi) is 4.72. The first-order chi connectivity index (χ1) is 11.2. The molecule has 0 atom stereocenters. The van der Waals surface area contributed by atoms with E-state index in [1.807, 2.05) is 0 Å². The number of non-ortho nitro benzene ring substituents is 1. The van der Waals surface area contributed by atoms with Crippen LogP contribution in [-0.2, 0) is 11.0 Å². The highest BCUT2D eigenvalue weighted by Crippen LogP contribution is 2.33. The van der Waals surface area contributed by atoms with Crippen molar-refractivity contribution >= 4 is 28.7 Å². The summed E-state index contributed by atoms with van der Waals surface area (Å²) >= 11 is 0. The Bertz CT molecular complexity index is 791. The molecule has 0 saturated carbocycles. The van der Waals surface area contributed by atoms with E-state index >= 15 is 0 Å². The number of hydrogen-bond acceptors (Lipinski definition) is 4. The van der Waals surface area contributed by atoms with Crippen molar-refractivity contribution in [3.63, 3.8) is 0 Å². The van der Waals surface area contributed by atoms with Gasteiger partial charge in [0, 0.05) is 24.7 Å². The van der Waals surface area contributed by atoms with Gasteiger partial charge in [0.15, 0.2) is 0 Å². The summed E-state index contributed by atoms with van der Waals surface area (Å²) in [6.07, 6.45) is -4.49. The molecule has 9 heteroatoms. The molecule has 0 aliphatic carbocycles. The predicted molar refractivity (Wildman–Crippen MR) is 82.1 cm³/mol. The van der Waals surface area contributed by atoms with Crippen molar-refractivity contribution in [2.45, 2.75) is 13.1 Å². The van der Waals surface area contributed by atoms with E-state index in [0.29, 0.717) is 0 Å². The van der Waals surface area contributed by atoms with Crippen molar-refractivity contribution < 1.29 is 22.9 Å². The summed E-state index contributed by atoms with van der Waals surface area (Å²) in [7, 11) is 0. The van der Waals surface area contributed by atoms with E-state index in [1.165, 1.54) is 31.2 Å². The number of benzene rings is 2. The summed E-state index contributed by atoms with van der Waals surface area (Å²) in [5.41, 5.74) is -0.640. The van der Waals surface area contributed by atoms with Gasteiger partial charge in [-0.1, -0.05) is 6.07 Å². The molecule has 6 nitrogen and oxygen atoms in total. The molecule has 0 heterocycles. The van der Waals surface area contributed by atoms with Crippen LogP contribution in [-0.4, -0.2) is 10.8 Å². The Hall–Kier alpha value is -3.10. The number of nitro benzene ring substituents is 1. The van der Waals surface area contributed by atoms with E-state index < -0.39 is 22.6 Å². The lowest BCUT2D eigenvalue weighted by molar-refractivity contribution is -0.384. The molecule has 2 N–H and O–H groups in total. The second-order valence-corrected chi connectivity index (χ2v) is 4.87. The van der Waals surface area contributed by atoms with Crippen LogP contribution in [0, 0.1) is 10.1 Å². The molecule has 0 aromatic heterocycles. The molecular formula is C15H12F3N3O3. The topological polar surface area (TPSA) is 84.3 Å². The number of carbonyl (C=O) groups is 1.